The van der Waals surface area contributed by atoms with Gasteiger partial charge in [-0.1, -0.05) is 35.9 Å². The number of carbonyl (C=O) groups is 2. The van der Waals surface area contributed by atoms with Gasteiger partial charge in [0, 0.05) is 31.2 Å². The number of nitrogens with one attached hydrogen (secondary N) is 1. The van der Waals surface area contributed by atoms with Crippen molar-refractivity contribution in [3.8, 4) is 17.2 Å². The SMILES string of the molecule is O=C(Nc1ccc(C2CCN(C(=O)c3ccc(-n4cccn4)cc3Cl)CC2)cc1)C1COc2ccccc2O1. The molecule has 2 aliphatic rings. The number of likely N-dealkylation sites (tertiary alicyclic amines) is 1. The number of fused-ring (bicyclic) bond motifs is 1. The molecule has 3 aromatic carbocycles. The standard InChI is InChI=1S/C30H27ClN4O4/c31-25-18-23(35-15-3-14-32-35)10-11-24(25)30(37)34-16-12-21(13-17-34)20-6-8-22(9-7-20)33-29(36)28-19-38-26-4-1-2-5-27(26)39-28/h1-11,14-15,18,21,28H,12-13,16-17,19H2,(H,33,36). The van der Waals surface area contributed by atoms with Crippen molar-refractivity contribution in [3.05, 3.63) is 101 Å². The number of aromatic nitrogens is 2. The summed E-state index contributed by atoms with van der Waals surface area (Å²) in [6.07, 6.45) is 4.52. The fraction of sp³-hybridized carbons (Fsp3) is 0.233. The first kappa shape index (κ1) is 25.0. The van der Waals surface area contributed by atoms with E-state index in [-0.39, 0.29) is 18.4 Å². The third-order valence-electron chi connectivity index (χ3n) is 7.18. The molecule has 6 rings (SSSR count). The average molecular weight is 543 g/mol. The molecule has 0 radical (unpaired) electrons. The topological polar surface area (TPSA) is 85.7 Å². The Bertz CT molecular complexity index is 1480. The summed E-state index contributed by atoms with van der Waals surface area (Å²) in [7, 11) is 0. The number of carbonyl (C=O) groups excluding carboxylic acids is 2. The molecule has 198 valence electrons. The van der Waals surface area contributed by atoms with Crippen LogP contribution in [0.25, 0.3) is 5.69 Å². The van der Waals surface area contributed by atoms with E-state index in [1.54, 1.807) is 29.1 Å². The van der Waals surface area contributed by atoms with Gasteiger partial charge in [-0.2, -0.15) is 5.10 Å². The summed E-state index contributed by atoms with van der Waals surface area (Å²) in [6, 6.07) is 22.4. The lowest BCUT2D eigenvalue weighted by Crippen LogP contribution is -2.40. The number of hydrogen-bond acceptors (Lipinski definition) is 5. The Balaban J connectivity index is 1.03. The fourth-order valence-electron chi connectivity index (χ4n) is 5.04. The zero-order valence-electron chi connectivity index (χ0n) is 21.1. The van der Waals surface area contributed by atoms with E-state index in [9.17, 15) is 9.59 Å². The monoisotopic (exact) mass is 542 g/mol. The minimum atomic E-state index is -0.711. The third kappa shape index (κ3) is 5.33. The first-order chi connectivity index (χ1) is 19.0. The van der Waals surface area contributed by atoms with E-state index in [0.29, 0.717) is 46.8 Å². The molecule has 0 saturated carbocycles. The van der Waals surface area contributed by atoms with Gasteiger partial charge in [-0.3, -0.25) is 9.59 Å². The van der Waals surface area contributed by atoms with Gasteiger partial charge in [0.2, 0.25) is 6.10 Å². The van der Waals surface area contributed by atoms with Crippen LogP contribution in [0.5, 0.6) is 11.5 Å². The number of benzene rings is 3. The maximum Gasteiger partial charge on any atom is 0.269 e. The molecule has 1 fully saturated rings. The Morgan fingerprint density at radius 2 is 1.72 bits per heavy atom. The van der Waals surface area contributed by atoms with Gasteiger partial charge in [0.15, 0.2) is 11.5 Å². The van der Waals surface area contributed by atoms with Crippen molar-refractivity contribution < 1.29 is 19.1 Å². The highest BCUT2D eigenvalue weighted by molar-refractivity contribution is 6.34. The number of anilines is 1. The second-order valence-corrected chi connectivity index (χ2v) is 10.1. The molecule has 3 heterocycles. The van der Waals surface area contributed by atoms with Gasteiger partial charge in [-0.15, -0.1) is 0 Å². The van der Waals surface area contributed by atoms with Crippen molar-refractivity contribution in [3.63, 3.8) is 0 Å². The Morgan fingerprint density at radius 1 is 0.949 bits per heavy atom. The van der Waals surface area contributed by atoms with Gasteiger partial charge in [-0.05, 0) is 72.9 Å². The van der Waals surface area contributed by atoms with Crippen LogP contribution in [-0.4, -0.2) is 52.3 Å². The second kappa shape index (κ2) is 10.8. The van der Waals surface area contributed by atoms with Gasteiger partial charge in [0.25, 0.3) is 11.8 Å². The number of nitrogens with zero attached hydrogens (tertiary/aromatic N) is 3. The second-order valence-electron chi connectivity index (χ2n) is 9.66. The molecule has 0 bridgehead atoms. The van der Waals surface area contributed by atoms with E-state index in [1.165, 1.54) is 5.56 Å². The van der Waals surface area contributed by atoms with E-state index in [0.717, 1.165) is 18.5 Å². The zero-order valence-corrected chi connectivity index (χ0v) is 21.9. The van der Waals surface area contributed by atoms with E-state index < -0.39 is 6.10 Å². The molecule has 1 unspecified atom stereocenters. The fourth-order valence-corrected chi connectivity index (χ4v) is 5.29. The summed E-state index contributed by atoms with van der Waals surface area (Å²) < 4.78 is 13.2. The molecule has 1 N–H and O–H groups in total. The van der Waals surface area contributed by atoms with E-state index in [4.69, 9.17) is 21.1 Å². The summed E-state index contributed by atoms with van der Waals surface area (Å²) in [6.45, 7) is 1.47. The van der Waals surface area contributed by atoms with Crippen LogP contribution in [0.3, 0.4) is 0 Å². The molecule has 0 aliphatic carbocycles. The summed E-state index contributed by atoms with van der Waals surface area (Å²) in [4.78, 5) is 27.7. The van der Waals surface area contributed by atoms with Crippen LogP contribution in [0.4, 0.5) is 5.69 Å². The Morgan fingerprint density at radius 3 is 2.44 bits per heavy atom. The Labute approximate surface area is 231 Å². The van der Waals surface area contributed by atoms with Gasteiger partial charge in [0.05, 0.1) is 16.3 Å². The van der Waals surface area contributed by atoms with Crippen LogP contribution < -0.4 is 14.8 Å². The molecule has 2 amide bonds. The first-order valence-electron chi connectivity index (χ1n) is 12.9. The number of para-hydroxylation sites is 2. The lowest BCUT2D eigenvalue weighted by Gasteiger charge is -2.32. The van der Waals surface area contributed by atoms with Crippen LogP contribution in [-0.2, 0) is 4.79 Å². The first-order valence-corrected chi connectivity index (χ1v) is 13.3. The Hall–Kier alpha value is -4.30. The van der Waals surface area contributed by atoms with Crippen molar-refractivity contribution in [2.45, 2.75) is 24.9 Å². The summed E-state index contributed by atoms with van der Waals surface area (Å²) in [5.74, 6) is 1.24. The van der Waals surface area contributed by atoms with Gasteiger partial charge in [-0.25, -0.2) is 4.68 Å². The predicted octanol–water partition coefficient (Wildman–Crippen LogP) is 5.32. The minimum Gasteiger partial charge on any atom is -0.485 e. The average Bonchev–Trinajstić information content (AvgIpc) is 3.52. The van der Waals surface area contributed by atoms with E-state index in [1.807, 2.05) is 65.7 Å². The molecular weight excluding hydrogens is 516 g/mol. The van der Waals surface area contributed by atoms with Crippen LogP contribution in [0.2, 0.25) is 5.02 Å². The largest absolute Gasteiger partial charge is 0.485 e. The number of piperidine rings is 1. The number of ether oxygens (including phenoxy) is 2. The van der Waals surface area contributed by atoms with Crippen LogP contribution in [0, 0.1) is 0 Å². The highest BCUT2D eigenvalue weighted by Gasteiger charge is 2.28. The minimum absolute atomic E-state index is 0.0555. The lowest BCUT2D eigenvalue weighted by atomic mass is 9.89. The van der Waals surface area contributed by atoms with Gasteiger partial charge >= 0.3 is 0 Å². The van der Waals surface area contributed by atoms with Gasteiger partial charge < -0.3 is 19.7 Å². The molecule has 8 nitrogen and oxygen atoms in total. The molecule has 39 heavy (non-hydrogen) atoms. The smallest absolute Gasteiger partial charge is 0.269 e. The van der Waals surface area contributed by atoms with Crippen molar-refractivity contribution in [2.75, 3.05) is 25.0 Å². The Kier molecular flexibility index (Phi) is 6.94. The van der Waals surface area contributed by atoms with Crippen molar-refractivity contribution >= 4 is 29.1 Å². The summed E-state index contributed by atoms with van der Waals surface area (Å²) >= 11 is 6.47. The van der Waals surface area contributed by atoms with Crippen LogP contribution in [0.1, 0.15) is 34.7 Å². The highest BCUT2D eigenvalue weighted by Crippen LogP contribution is 2.32. The molecule has 9 heteroatoms. The normalized spacial score (nSPS) is 17.1. The molecule has 1 saturated heterocycles. The number of hydrogen-bond donors (Lipinski definition) is 1. The molecule has 4 aromatic rings. The summed E-state index contributed by atoms with van der Waals surface area (Å²) in [5.41, 5.74) is 3.20. The van der Waals surface area contributed by atoms with Crippen molar-refractivity contribution in [2.24, 2.45) is 0 Å². The third-order valence-corrected chi connectivity index (χ3v) is 7.50. The van der Waals surface area contributed by atoms with Crippen molar-refractivity contribution in [1.82, 2.24) is 14.7 Å². The van der Waals surface area contributed by atoms with Gasteiger partial charge in [0.1, 0.15) is 6.61 Å². The highest BCUT2D eigenvalue weighted by atomic mass is 35.5. The summed E-state index contributed by atoms with van der Waals surface area (Å²) in [5, 5.41) is 7.54. The maximum absolute atomic E-state index is 13.2. The lowest BCUT2D eigenvalue weighted by molar-refractivity contribution is -0.125. The molecule has 0 spiro atoms. The molecular formula is C30H27ClN4O4. The zero-order chi connectivity index (χ0) is 26.8. The molecule has 1 atom stereocenters. The maximum atomic E-state index is 13.2. The van der Waals surface area contributed by atoms with E-state index >= 15 is 0 Å². The molecule has 1 aromatic heterocycles. The number of halogens is 1. The quantitative estimate of drug-likeness (QED) is 0.369. The van der Waals surface area contributed by atoms with Crippen molar-refractivity contribution in [1.29, 1.82) is 0 Å². The van der Waals surface area contributed by atoms with Crippen LogP contribution in [0.15, 0.2) is 85.2 Å². The predicted molar refractivity (Wildman–Crippen MR) is 148 cm³/mol. The number of rotatable bonds is 5. The molecule has 2 aliphatic heterocycles. The van der Waals surface area contributed by atoms with Crippen LogP contribution >= 0.6 is 11.6 Å². The number of amides is 2. The van der Waals surface area contributed by atoms with E-state index in [2.05, 4.69) is 10.4 Å².